The van der Waals surface area contributed by atoms with E-state index in [0.29, 0.717) is 6.04 Å². The minimum atomic E-state index is 0.522. The first kappa shape index (κ1) is 11.5. The number of aromatic amines is 1. The summed E-state index contributed by atoms with van der Waals surface area (Å²) in [6.45, 7) is 4.39. The Morgan fingerprint density at radius 1 is 1.33 bits per heavy atom. The van der Waals surface area contributed by atoms with Crippen LogP contribution in [0.5, 0.6) is 0 Å². The van der Waals surface area contributed by atoms with Gasteiger partial charge in [0.05, 0.1) is 5.39 Å². The largest absolute Gasteiger partial charge is 0.367 e. The van der Waals surface area contributed by atoms with Crippen molar-refractivity contribution >= 4 is 16.9 Å². The molecule has 2 aromatic heterocycles. The van der Waals surface area contributed by atoms with E-state index in [0.717, 1.165) is 29.9 Å². The second-order valence-electron chi connectivity index (χ2n) is 5.14. The Morgan fingerprint density at radius 3 is 2.89 bits per heavy atom. The van der Waals surface area contributed by atoms with Gasteiger partial charge in [0.2, 0.25) is 0 Å². The zero-order chi connectivity index (χ0) is 12.5. The first-order valence-corrected chi connectivity index (χ1v) is 6.48. The molecule has 0 radical (unpaired) electrons. The monoisotopic (exact) mass is 245 g/mol. The van der Waals surface area contributed by atoms with Gasteiger partial charge in [-0.05, 0) is 45.5 Å². The average Bonchev–Trinajstić information content (AvgIpc) is 2.75. The zero-order valence-corrected chi connectivity index (χ0v) is 10.9. The molecule has 2 aromatic rings. The van der Waals surface area contributed by atoms with Crippen molar-refractivity contribution in [3.8, 4) is 0 Å². The number of aromatic nitrogens is 3. The molecule has 1 fully saturated rings. The highest BCUT2D eigenvalue weighted by atomic mass is 15.1. The molecule has 0 unspecified atom stereocenters. The lowest BCUT2D eigenvalue weighted by atomic mass is 10.1. The van der Waals surface area contributed by atoms with Crippen LogP contribution in [-0.4, -0.2) is 46.0 Å². The summed E-state index contributed by atoms with van der Waals surface area (Å²) >= 11 is 0. The number of piperidine rings is 1. The molecule has 5 heteroatoms. The number of hydrogen-bond donors (Lipinski definition) is 2. The van der Waals surface area contributed by atoms with Crippen molar-refractivity contribution in [3.63, 3.8) is 0 Å². The highest BCUT2D eigenvalue weighted by Crippen LogP contribution is 2.24. The number of fused-ring (bicyclic) bond motifs is 1. The van der Waals surface area contributed by atoms with E-state index in [-0.39, 0.29) is 0 Å². The average molecular weight is 245 g/mol. The normalized spacial score (nSPS) is 18.3. The van der Waals surface area contributed by atoms with Gasteiger partial charge in [-0.15, -0.1) is 0 Å². The third-order valence-electron chi connectivity index (χ3n) is 3.73. The summed E-state index contributed by atoms with van der Waals surface area (Å²) in [5, 5.41) is 4.70. The van der Waals surface area contributed by atoms with Crippen molar-refractivity contribution in [3.05, 3.63) is 18.1 Å². The van der Waals surface area contributed by atoms with Crippen LogP contribution in [0.2, 0.25) is 0 Å². The van der Waals surface area contributed by atoms with Gasteiger partial charge in [-0.2, -0.15) is 0 Å². The predicted molar refractivity (Wildman–Crippen MR) is 72.8 cm³/mol. The number of likely N-dealkylation sites (tertiary alicyclic amines) is 1. The van der Waals surface area contributed by atoms with Crippen LogP contribution in [0.25, 0.3) is 11.0 Å². The van der Waals surface area contributed by atoms with Gasteiger partial charge in [0, 0.05) is 12.2 Å². The Labute approximate surface area is 107 Å². The van der Waals surface area contributed by atoms with Gasteiger partial charge in [0.15, 0.2) is 0 Å². The van der Waals surface area contributed by atoms with E-state index in [2.05, 4.69) is 39.1 Å². The maximum absolute atomic E-state index is 4.40. The van der Waals surface area contributed by atoms with Crippen LogP contribution in [0, 0.1) is 6.92 Å². The number of aryl methyl sites for hydroxylation is 1. The maximum atomic E-state index is 4.40. The van der Waals surface area contributed by atoms with E-state index in [1.165, 1.54) is 18.4 Å². The number of nitrogens with zero attached hydrogens (tertiary/aromatic N) is 3. The van der Waals surface area contributed by atoms with Crippen molar-refractivity contribution in [1.29, 1.82) is 0 Å². The molecule has 5 nitrogen and oxygen atoms in total. The Balaban J connectivity index is 1.84. The first-order chi connectivity index (χ1) is 8.74. The van der Waals surface area contributed by atoms with Crippen LogP contribution in [0.15, 0.2) is 12.5 Å². The van der Waals surface area contributed by atoms with Gasteiger partial charge in [-0.1, -0.05) is 0 Å². The standard InChI is InChI=1S/C13H19N5/c1-9-7-14-12-11(9)13(16-8-15-12)17-10-3-5-18(2)6-4-10/h7-8,10H,3-6H2,1-2H3,(H2,14,15,16,17). The molecule has 1 aliphatic heterocycles. The number of hydrogen-bond acceptors (Lipinski definition) is 4. The predicted octanol–water partition coefficient (Wildman–Crippen LogP) is 1.77. The summed E-state index contributed by atoms with van der Waals surface area (Å²) in [5.41, 5.74) is 2.11. The fraction of sp³-hybridized carbons (Fsp3) is 0.538. The van der Waals surface area contributed by atoms with Gasteiger partial charge in [0.1, 0.15) is 17.8 Å². The zero-order valence-electron chi connectivity index (χ0n) is 10.9. The summed E-state index contributed by atoms with van der Waals surface area (Å²) in [7, 11) is 2.18. The van der Waals surface area contributed by atoms with E-state index < -0.39 is 0 Å². The maximum Gasteiger partial charge on any atom is 0.143 e. The fourth-order valence-electron chi connectivity index (χ4n) is 2.57. The lowest BCUT2D eigenvalue weighted by molar-refractivity contribution is 0.264. The van der Waals surface area contributed by atoms with Gasteiger partial charge in [-0.25, -0.2) is 9.97 Å². The quantitative estimate of drug-likeness (QED) is 0.846. The van der Waals surface area contributed by atoms with Crippen LogP contribution in [0.4, 0.5) is 5.82 Å². The highest BCUT2D eigenvalue weighted by molar-refractivity contribution is 5.90. The molecule has 1 saturated heterocycles. The van der Waals surface area contributed by atoms with E-state index in [9.17, 15) is 0 Å². The van der Waals surface area contributed by atoms with Gasteiger partial charge in [-0.3, -0.25) is 0 Å². The smallest absolute Gasteiger partial charge is 0.143 e. The lowest BCUT2D eigenvalue weighted by Gasteiger charge is -2.29. The van der Waals surface area contributed by atoms with Gasteiger partial charge >= 0.3 is 0 Å². The molecule has 0 aromatic carbocycles. The Bertz CT molecular complexity index is 539. The molecule has 0 atom stereocenters. The van der Waals surface area contributed by atoms with Gasteiger partial charge < -0.3 is 15.2 Å². The van der Waals surface area contributed by atoms with Crippen LogP contribution in [0.1, 0.15) is 18.4 Å². The molecule has 2 N–H and O–H groups in total. The van der Waals surface area contributed by atoms with E-state index in [4.69, 9.17) is 0 Å². The molecule has 0 saturated carbocycles. The molecule has 0 aliphatic carbocycles. The Kier molecular flexibility index (Phi) is 2.91. The third kappa shape index (κ3) is 2.06. The Hall–Kier alpha value is -1.62. The highest BCUT2D eigenvalue weighted by Gasteiger charge is 2.18. The number of rotatable bonds is 2. The summed E-state index contributed by atoms with van der Waals surface area (Å²) in [5.74, 6) is 0.966. The third-order valence-corrected chi connectivity index (χ3v) is 3.73. The Morgan fingerprint density at radius 2 is 2.11 bits per heavy atom. The number of anilines is 1. The van der Waals surface area contributed by atoms with E-state index >= 15 is 0 Å². The van der Waals surface area contributed by atoms with Crippen LogP contribution < -0.4 is 5.32 Å². The van der Waals surface area contributed by atoms with Gasteiger partial charge in [0.25, 0.3) is 0 Å². The van der Waals surface area contributed by atoms with Crippen molar-refractivity contribution in [2.24, 2.45) is 0 Å². The summed E-state index contributed by atoms with van der Waals surface area (Å²) in [6.07, 6.45) is 5.95. The summed E-state index contributed by atoms with van der Waals surface area (Å²) in [4.78, 5) is 14.2. The van der Waals surface area contributed by atoms with Crippen LogP contribution >= 0.6 is 0 Å². The van der Waals surface area contributed by atoms with E-state index in [1.54, 1.807) is 6.33 Å². The molecule has 3 heterocycles. The second kappa shape index (κ2) is 4.57. The van der Waals surface area contributed by atoms with Crippen molar-refractivity contribution in [2.45, 2.75) is 25.8 Å². The lowest BCUT2D eigenvalue weighted by Crippen LogP contribution is -2.36. The molecule has 0 spiro atoms. The topological polar surface area (TPSA) is 56.8 Å². The minimum Gasteiger partial charge on any atom is -0.367 e. The molecule has 3 rings (SSSR count). The van der Waals surface area contributed by atoms with Crippen LogP contribution in [-0.2, 0) is 0 Å². The molecule has 18 heavy (non-hydrogen) atoms. The molecule has 0 amide bonds. The van der Waals surface area contributed by atoms with Crippen molar-refractivity contribution < 1.29 is 0 Å². The molecular weight excluding hydrogens is 226 g/mol. The van der Waals surface area contributed by atoms with Crippen LogP contribution in [0.3, 0.4) is 0 Å². The fourth-order valence-corrected chi connectivity index (χ4v) is 2.57. The number of H-pyrrole nitrogens is 1. The molecule has 96 valence electrons. The van der Waals surface area contributed by atoms with Crippen molar-refractivity contribution in [2.75, 3.05) is 25.5 Å². The first-order valence-electron chi connectivity index (χ1n) is 6.48. The SMILES string of the molecule is Cc1c[nH]c2ncnc(NC3CCN(C)CC3)c12. The molecule has 1 aliphatic rings. The summed E-state index contributed by atoms with van der Waals surface area (Å²) in [6, 6.07) is 0.522. The summed E-state index contributed by atoms with van der Waals surface area (Å²) < 4.78 is 0. The van der Waals surface area contributed by atoms with Crippen molar-refractivity contribution in [1.82, 2.24) is 19.9 Å². The molecule has 0 bridgehead atoms. The number of nitrogens with one attached hydrogen (secondary N) is 2. The molecular formula is C13H19N5. The van der Waals surface area contributed by atoms with E-state index in [1.807, 2.05) is 6.20 Å². The minimum absolute atomic E-state index is 0.522. The second-order valence-corrected chi connectivity index (χ2v) is 5.14.